The molecule has 0 aliphatic rings. The van der Waals surface area contributed by atoms with Gasteiger partial charge in [0.15, 0.2) is 0 Å². The molecule has 9 heteroatoms. The Kier molecular flexibility index (Phi) is 9.36. The van der Waals surface area contributed by atoms with E-state index in [0.717, 1.165) is 12.8 Å². The van der Waals surface area contributed by atoms with E-state index >= 15 is 0 Å². The van der Waals surface area contributed by atoms with Gasteiger partial charge in [0, 0.05) is 31.6 Å². The van der Waals surface area contributed by atoms with Crippen LogP contribution in [0.2, 0.25) is 0 Å². The average Bonchev–Trinajstić information content (AvgIpc) is 2.61. The van der Waals surface area contributed by atoms with E-state index in [-0.39, 0.29) is 10.5 Å². The van der Waals surface area contributed by atoms with Gasteiger partial charge in [-0.15, -0.1) is 0 Å². The smallest absolute Gasteiger partial charge is 0.294 e. The molecule has 1 aromatic carbocycles. The van der Waals surface area contributed by atoms with Gasteiger partial charge < -0.3 is 15.4 Å². The van der Waals surface area contributed by atoms with E-state index in [9.17, 15) is 13.2 Å². The van der Waals surface area contributed by atoms with Crippen molar-refractivity contribution < 1.29 is 22.5 Å². The molecular formula is C17H23N3O5S. The van der Waals surface area contributed by atoms with Crippen molar-refractivity contribution >= 4 is 21.7 Å². The van der Waals surface area contributed by atoms with E-state index in [0.29, 0.717) is 31.9 Å². The first-order valence-electron chi connectivity index (χ1n) is 8.18. The van der Waals surface area contributed by atoms with E-state index in [1.165, 1.54) is 30.5 Å². The largest absolute Gasteiger partial charge is 0.381 e. The average molecular weight is 381 g/mol. The monoisotopic (exact) mass is 381 g/mol. The Bertz CT molecular complexity index is 752. The molecule has 142 valence electrons. The zero-order valence-corrected chi connectivity index (χ0v) is 15.4. The Hall–Kier alpha value is -2.41. The molecule has 0 saturated carbocycles. The van der Waals surface area contributed by atoms with Crippen LogP contribution in [-0.4, -0.2) is 38.6 Å². The molecule has 1 amide bonds. The first-order chi connectivity index (χ1) is 12.4. The van der Waals surface area contributed by atoms with Gasteiger partial charge in [-0.25, -0.2) is 0 Å². The summed E-state index contributed by atoms with van der Waals surface area (Å²) in [4.78, 5) is 11.7. The Balaban J connectivity index is 2.47. The van der Waals surface area contributed by atoms with Crippen LogP contribution in [0.15, 0.2) is 40.9 Å². The van der Waals surface area contributed by atoms with Crippen molar-refractivity contribution in [1.82, 2.24) is 5.32 Å². The highest BCUT2D eigenvalue weighted by atomic mass is 32.2. The Morgan fingerprint density at radius 1 is 1.27 bits per heavy atom. The number of amides is 1. The van der Waals surface area contributed by atoms with Crippen LogP contribution in [0.3, 0.4) is 0 Å². The number of carbonyl (C=O) groups excluding carboxylic acids is 1. The summed E-state index contributed by atoms with van der Waals surface area (Å²) in [5.41, 5.74) is 0.345. The van der Waals surface area contributed by atoms with Crippen molar-refractivity contribution in [1.29, 1.82) is 5.26 Å². The number of rotatable bonds is 11. The van der Waals surface area contributed by atoms with Crippen LogP contribution in [0, 0.1) is 11.3 Å². The fraction of sp³-hybridized carbons (Fsp3) is 0.412. The zero-order chi connectivity index (χ0) is 19.4. The minimum atomic E-state index is -4.26. The highest BCUT2D eigenvalue weighted by Crippen LogP contribution is 2.14. The van der Waals surface area contributed by atoms with E-state index in [4.69, 9.17) is 14.6 Å². The fourth-order valence-electron chi connectivity index (χ4n) is 1.85. The predicted octanol–water partition coefficient (Wildman–Crippen LogP) is 2.08. The number of benzene rings is 1. The molecule has 26 heavy (non-hydrogen) atoms. The van der Waals surface area contributed by atoms with Crippen molar-refractivity contribution in [2.45, 2.75) is 31.1 Å². The zero-order valence-electron chi connectivity index (χ0n) is 14.6. The van der Waals surface area contributed by atoms with Crippen LogP contribution in [0.5, 0.6) is 0 Å². The minimum absolute atomic E-state index is 0.115. The molecule has 0 atom stereocenters. The summed E-state index contributed by atoms with van der Waals surface area (Å²) in [7, 11) is -4.26. The van der Waals surface area contributed by atoms with Gasteiger partial charge >= 0.3 is 0 Å². The normalized spacial score (nSPS) is 11.7. The van der Waals surface area contributed by atoms with Gasteiger partial charge in [-0.2, -0.15) is 13.7 Å². The molecule has 1 rings (SSSR count). The Morgan fingerprint density at radius 2 is 1.92 bits per heavy atom. The summed E-state index contributed by atoms with van der Waals surface area (Å²) in [6.07, 6.45) is 3.96. The van der Waals surface area contributed by atoms with Gasteiger partial charge in [-0.1, -0.05) is 13.3 Å². The number of hydrogen-bond donors (Lipinski definition) is 3. The maximum atomic E-state index is 11.9. The minimum Gasteiger partial charge on any atom is -0.381 e. The molecule has 0 heterocycles. The lowest BCUT2D eigenvalue weighted by molar-refractivity contribution is -0.117. The quantitative estimate of drug-likeness (QED) is 0.232. The van der Waals surface area contributed by atoms with Gasteiger partial charge in [-0.3, -0.25) is 9.35 Å². The summed E-state index contributed by atoms with van der Waals surface area (Å²) < 4.78 is 36.2. The van der Waals surface area contributed by atoms with Gasteiger partial charge in [0.2, 0.25) is 0 Å². The van der Waals surface area contributed by atoms with Crippen LogP contribution in [0.1, 0.15) is 26.2 Å². The van der Waals surface area contributed by atoms with Crippen LogP contribution in [0.4, 0.5) is 5.69 Å². The molecule has 8 nitrogen and oxygen atoms in total. The van der Waals surface area contributed by atoms with E-state index in [2.05, 4.69) is 17.6 Å². The summed E-state index contributed by atoms with van der Waals surface area (Å²) >= 11 is 0. The lowest BCUT2D eigenvalue weighted by Gasteiger charge is -2.06. The van der Waals surface area contributed by atoms with Crippen molar-refractivity contribution in [3.8, 4) is 6.07 Å². The van der Waals surface area contributed by atoms with Crippen LogP contribution in [-0.2, 0) is 19.6 Å². The number of ether oxygens (including phenoxy) is 1. The maximum Gasteiger partial charge on any atom is 0.294 e. The maximum absolute atomic E-state index is 11.9. The van der Waals surface area contributed by atoms with Crippen molar-refractivity contribution in [3.05, 3.63) is 36.0 Å². The third-order valence-electron chi connectivity index (χ3n) is 3.29. The predicted molar refractivity (Wildman–Crippen MR) is 96.9 cm³/mol. The molecular weight excluding hydrogens is 358 g/mol. The van der Waals surface area contributed by atoms with E-state index in [1.54, 1.807) is 6.07 Å². The number of nitrogens with zero attached hydrogens (tertiary/aromatic N) is 1. The highest BCUT2D eigenvalue weighted by molar-refractivity contribution is 7.85. The summed E-state index contributed by atoms with van der Waals surface area (Å²) in [6, 6.07) is 7.01. The molecule has 0 radical (unpaired) electrons. The summed E-state index contributed by atoms with van der Waals surface area (Å²) in [5, 5.41) is 14.4. The standard InChI is InChI=1S/C17H23N3O5S/c1-2-3-10-25-11-4-9-19-17(21)14(12-18)13-20-15-5-7-16(8-6-15)26(22,23)24/h5-8,13,20H,2-4,9-11H2,1H3,(H,19,21)(H,22,23,24)/b14-13-. The Labute approximate surface area is 153 Å². The number of nitriles is 1. The second kappa shape index (κ2) is 11.3. The van der Waals surface area contributed by atoms with E-state index < -0.39 is 16.0 Å². The van der Waals surface area contributed by atoms with Crippen molar-refractivity contribution in [2.75, 3.05) is 25.1 Å². The second-order valence-corrected chi connectivity index (χ2v) is 6.81. The fourth-order valence-corrected chi connectivity index (χ4v) is 2.33. The number of nitrogens with one attached hydrogen (secondary N) is 2. The SMILES string of the molecule is CCCCOCCCNC(=O)/C(C#N)=C\Nc1ccc(S(=O)(=O)O)cc1. The third-order valence-corrected chi connectivity index (χ3v) is 4.16. The molecule has 1 aromatic rings. The molecule has 3 N–H and O–H groups in total. The topological polar surface area (TPSA) is 129 Å². The number of anilines is 1. The molecule has 0 spiro atoms. The second-order valence-electron chi connectivity index (χ2n) is 5.39. The molecule has 0 saturated heterocycles. The Morgan fingerprint density at radius 3 is 2.50 bits per heavy atom. The number of hydrogen-bond acceptors (Lipinski definition) is 6. The van der Waals surface area contributed by atoms with Crippen LogP contribution < -0.4 is 10.6 Å². The summed E-state index contributed by atoms with van der Waals surface area (Å²) in [6.45, 7) is 3.72. The van der Waals surface area contributed by atoms with Gasteiger partial charge in [0.25, 0.3) is 16.0 Å². The summed E-state index contributed by atoms with van der Waals surface area (Å²) in [5.74, 6) is -0.511. The first-order valence-corrected chi connectivity index (χ1v) is 9.62. The first kappa shape index (κ1) is 21.6. The number of carbonyl (C=O) groups is 1. The molecule has 0 aromatic heterocycles. The third kappa shape index (κ3) is 8.11. The van der Waals surface area contributed by atoms with Crippen molar-refractivity contribution in [2.24, 2.45) is 0 Å². The molecule has 0 bridgehead atoms. The molecule has 0 aliphatic heterocycles. The highest BCUT2D eigenvalue weighted by Gasteiger charge is 2.09. The van der Waals surface area contributed by atoms with Crippen LogP contribution >= 0.6 is 0 Å². The van der Waals surface area contributed by atoms with E-state index in [1.807, 2.05) is 0 Å². The van der Waals surface area contributed by atoms with Crippen LogP contribution in [0.25, 0.3) is 0 Å². The van der Waals surface area contributed by atoms with Gasteiger partial charge in [-0.05, 0) is 37.1 Å². The van der Waals surface area contributed by atoms with Gasteiger partial charge in [0.05, 0.1) is 4.90 Å². The lowest BCUT2D eigenvalue weighted by atomic mass is 10.2. The lowest BCUT2D eigenvalue weighted by Crippen LogP contribution is -2.26. The molecule has 0 unspecified atom stereocenters. The van der Waals surface area contributed by atoms with Crippen molar-refractivity contribution in [3.63, 3.8) is 0 Å². The molecule has 0 fully saturated rings. The molecule has 0 aliphatic carbocycles. The van der Waals surface area contributed by atoms with Gasteiger partial charge in [0.1, 0.15) is 11.6 Å². The number of unbranched alkanes of at least 4 members (excludes halogenated alkanes) is 1.